The Labute approximate surface area is 81.3 Å². The van der Waals surface area contributed by atoms with E-state index in [1.807, 2.05) is 13.8 Å². The Balaban J connectivity index is 2.68. The molecule has 13 heavy (non-hydrogen) atoms. The average molecular weight is 185 g/mol. The first-order chi connectivity index (χ1) is 5.89. The molecule has 0 saturated carbocycles. The number of piperidine rings is 1. The van der Waals surface area contributed by atoms with Gasteiger partial charge in [0, 0.05) is 13.7 Å². The maximum absolute atomic E-state index is 10.0. The lowest BCUT2D eigenvalue weighted by Gasteiger charge is -2.46. The molecule has 1 saturated heterocycles. The van der Waals surface area contributed by atoms with Crippen LogP contribution in [0.1, 0.15) is 20.3 Å². The molecule has 4 heteroatoms. The summed E-state index contributed by atoms with van der Waals surface area (Å²) < 4.78 is 5.31. The summed E-state index contributed by atoms with van der Waals surface area (Å²) in [4.78, 5) is 0. The molecule has 76 valence electrons. The van der Waals surface area contributed by atoms with E-state index in [-0.39, 0.29) is 11.4 Å². The van der Waals surface area contributed by atoms with Crippen LogP contribution < -0.4 is 5.32 Å². The zero-order valence-corrected chi connectivity index (χ0v) is 9.05. The fraction of sp³-hybridized carbons (Fsp3) is 1.00. The van der Waals surface area contributed by atoms with Gasteiger partial charge in [-0.25, -0.2) is 0 Å². The quantitative estimate of drug-likeness (QED) is 0.573. The standard InChI is InChI=1S/C9H20BNO2/c1-8(2,12)9(10)4-7(13-3)5-11-6-9/h7,11-12H,4-6,10H2,1-3H3/t7-,9+/m1/s1. The van der Waals surface area contributed by atoms with E-state index < -0.39 is 5.60 Å². The highest BCUT2D eigenvalue weighted by atomic mass is 16.5. The molecule has 1 aliphatic rings. The largest absolute Gasteiger partial charge is 0.391 e. The fourth-order valence-corrected chi connectivity index (χ4v) is 1.79. The number of nitrogens with one attached hydrogen (secondary N) is 1. The van der Waals surface area contributed by atoms with E-state index in [1.54, 1.807) is 7.11 Å². The molecule has 0 unspecified atom stereocenters. The third-order valence-electron chi connectivity index (χ3n) is 3.38. The lowest BCUT2D eigenvalue weighted by atomic mass is 9.55. The van der Waals surface area contributed by atoms with Crippen molar-refractivity contribution in [2.24, 2.45) is 0 Å². The Morgan fingerprint density at radius 3 is 2.69 bits per heavy atom. The molecule has 1 heterocycles. The summed E-state index contributed by atoms with van der Waals surface area (Å²) in [5.41, 5.74) is -0.656. The van der Waals surface area contributed by atoms with Crippen molar-refractivity contribution in [2.75, 3.05) is 20.2 Å². The van der Waals surface area contributed by atoms with Crippen LogP contribution in [-0.2, 0) is 4.74 Å². The van der Waals surface area contributed by atoms with Gasteiger partial charge in [0.05, 0.1) is 11.7 Å². The van der Waals surface area contributed by atoms with Gasteiger partial charge < -0.3 is 15.2 Å². The number of hydrogen-bond acceptors (Lipinski definition) is 3. The molecule has 0 amide bonds. The summed E-state index contributed by atoms with van der Waals surface area (Å²) in [5.74, 6) is 0. The number of hydrogen-bond donors (Lipinski definition) is 2. The van der Waals surface area contributed by atoms with E-state index in [9.17, 15) is 5.11 Å². The predicted octanol–water partition coefficient (Wildman–Crippen LogP) is -0.443. The summed E-state index contributed by atoms with van der Waals surface area (Å²) in [6.45, 7) is 5.48. The van der Waals surface area contributed by atoms with Gasteiger partial charge in [-0.05, 0) is 32.1 Å². The van der Waals surface area contributed by atoms with Crippen molar-refractivity contribution in [3.8, 4) is 0 Å². The molecule has 2 N–H and O–H groups in total. The Hall–Kier alpha value is -0.0551. The monoisotopic (exact) mass is 185 g/mol. The molecule has 3 nitrogen and oxygen atoms in total. The molecule has 1 rings (SSSR count). The van der Waals surface area contributed by atoms with Crippen molar-refractivity contribution in [3.63, 3.8) is 0 Å². The summed E-state index contributed by atoms with van der Waals surface area (Å²) >= 11 is 0. The number of aliphatic hydroxyl groups is 1. The number of methoxy groups -OCH3 is 1. The second-order valence-electron chi connectivity index (χ2n) is 4.81. The molecule has 1 aliphatic heterocycles. The molecular weight excluding hydrogens is 165 g/mol. The van der Waals surface area contributed by atoms with E-state index in [0.717, 1.165) is 19.5 Å². The van der Waals surface area contributed by atoms with Gasteiger partial charge in [0.25, 0.3) is 0 Å². The van der Waals surface area contributed by atoms with Gasteiger partial charge in [-0.1, -0.05) is 0 Å². The molecule has 1 fully saturated rings. The SMILES string of the molecule is B[C@]1(C(C)(C)O)CNC[C@H](OC)C1. The van der Waals surface area contributed by atoms with Crippen molar-refractivity contribution in [3.05, 3.63) is 0 Å². The zero-order valence-electron chi connectivity index (χ0n) is 9.05. The molecule has 0 radical (unpaired) electrons. The first-order valence-corrected chi connectivity index (χ1v) is 4.85. The van der Waals surface area contributed by atoms with Crippen LogP contribution in [0.3, 0.4) is 0 Å². The van der Waals surface area contributed by atoms with E-state index in [0.29, 0.717) is 0 Å². The highest BCUT2D eigenvalue weighted by molar-refractivity contribution is 6.16. The van der Waals surface area contributed by atoms with Crippen LogP contribution in [0.15, 0.2) is 0 Å². The van der Waals surface area contributed by atoms with E-state index in [4.69, 9.17) is 4.74 Å². The molecule has 0 aromatic rings. The van der Waals surface area contributed by atoms with Gasteiger partial charge in [0.2, 0.25) is 0 Å². The Morgan fingerprint density at radius 2 is 2.23 bits per heavy atom. The lowest BCUT2D eigenvalue weighted by molar-refractivity contribution is -0.0208. The zero-order chi connectivity index (χ0) is 10.1. The fourth-order valence-electron chi connectivity index (χ4n) is 1.79. The molecule has 0 aliphatic carbocycles. The van der Waals surface area contributed by atoms with Crippen LogP contribution in [-0.4, -0.2) is 44.9 Å². The van der Waals surface area contributed by atoms with Gasteiger partial charge in [-0.15, -0.1) is 0 Å². The Bertz CT molecular complexity index is 181. The lowest BCUT2D eigenvalue weighted by Crippen LogP contribution is -2.53. The van der Waals surface area contributed by atoms with Gasteiger partial charge >= 0.3 is 0 Å². The Morgan fingerprint density at radius 1 is 1.62 bits per heavy atom. The van der Waals surface area contributed by atoms with Crippen molar-refractivity contribution in [1.29, 1.82) is 0 Å². The van der Waals surface area contributed by atoms with Gasteiger partial charge in [0.15, 0.2) is 0 Å². The molecular formula is C9H20BNO2. The van der Waals surface area contributed by atoms with Gasteiger partial charge in [-0.2, -0.15) is 0 Å². The van der Waals surface area contributed by atoms with Crippen molar-refractivity contribution in [2.45, 2.75) is 37.3 Å². The van der Waals surface area contributed by atoms with Crippen LogP contribution >= 0.6 is 0 Å². The van der Waals surface area contributed by atoms with Crippen LogP contribution in [0.4, 0.5) is 0 Å². The first-order valence-electron chi connectivity index (χ1n) is 4.85. The predicted molar refractivity (Wildman–Crippen MR) is 55.8 cm³/mol. The number of ether oxygens (including phenoxy) is 1. The minimum atomic E-state index is -0.656. The molecule has 2 atom stereocenters. The third kappa shape index (κ3) is 2.24. The number of rotatable bonds is 2. The van der Waals surface area contributed by atoms with Gasteiger partial charge in [-0.3, -0.25) is 0 Å². The topological polar surface area (TPSA) is 41.5 Å². The van der Waals surface area contributed by atoms with E-state index in [1.165, 1.54) is 0 Å². The maximum Gasteiger partial charge on any atom is 0.114 e. The van der Waals surface area contributed by atoms with Crippen molar-refractivity contribution < 1.29 is 9.84 Å². The van der Waals surface area contributed by atoms with Crippen LogP contribution in [0.25, 0.3) is 0 Å². The smallest absolute Gasteiger partial charge is 0.114 e. The molecule has 0 aromatic carbocycles. The van der Waals surface area contributed by atoms with Crippen LogP contribution in [0.5, 0.6) is 0 Å². The van der Waals surface area contributed by atoms with Crippen molar-refractivity contribution in [1.82, 2.24) is 5.32 Å². The van der Waals surface area contributed by atoms with Gasteiger partial charge in [0.1, 0.15) is 7.85 Å². The van der Waals surface area contributed by atoms with E-state index in [2.05, 4.69) is 13.2 Å². The van der Waals surface area contributed by atoms with Crippen molar-refractivity contribution >= 4 is 7.85 Å². The minimum absolute atomic E-state index is 0.0913. The Kier molecular flexibility index (Phi) is 3.05. The van der Waals surface area contributed by atoms with E-state index >= 15 is 0 Å². The molecule has 0 aromatic heterocycles. The highest BCUT2D eigenvalue weighted by Gasteiger charge is 2.43. The van der Waals surface area contributed by atoms with Crippen LogP contribution in [0.2, 0.25) is 5.31 Å². The highest BCUT2D eigenvalue weighted by Crippen LogP contribution is 2.41. The third-order valence-corrected chi connectivity index (χ3v) is 3.38. The normalized spacial score (nSPS) is 36.2. The first kappa shape index (κ1) is 11.0. The second-order valence-corrected chi connectivity index (χ2v) is 4.81. The summed E-state index contributed by atoms with van der Waals surface area (Å²) in [5, 5.41) is 13.2. The second kappa shape index (κ2) is 3.60. The summed E-state index contributed by atoms with van der Waals surface area (Å²) in [6, 6.07) is 0. The summed E-state index contributed by atoms with van der Waals surface area (Å²) in [6.07, 6.45) is 1.14. The minimum Gasteiger partial charge on any atom is -0.391 e. The maximum atomic E-state index is 10.0. The van der Waals surface area contributed by atoms with Crippen LogP contribution in [0, 0.1) is 0 Å². The average Bonchev–Trinajstić information content (AvgIpc) is 2.02. The molecule has 0 spiro atoms. The summed E-state index contributed by atoms with van der Waals surface area (Å²) in [7, 11) is 3.83. The molecule has 0 bridgehead atoms.